The third-order valence-corrected chi connectivity index (χ3v) is 4.82. The largest absolute Gasteiger partial charge is 0.369 e. The predicted octanol–water partition coefficient (Wildman–Crippen LogP) is 4.92. The topological polar surface area (TPSA) is 74.6 Å². The van der Waals surface area contributed by atoms with Crippen LogP contribution in [0.2, 0.25) is 0 Å². The van der Waals surface area contributed by atoms with Crippen molar-refractivity contribution in [3.8, 4) is 22.5 Å². The van der Waals surface area contributed by atoms with Crippen molar-refractivity contribution in [2.75, 3.05) is 5.73 Å². The van der Waals surface area contributed by atoms with Crippen molar-refractivity contribution in [1.29, 1.82) is 0 Å². The van der Waals surface area contributed by atoms with Crippen LogP contribution in [0.15, 0.2) is 42.6 Å². The average Bonchev–Trinajstić information content (AvgIpc) is 3.24. The molecular formula is C22H25FN6. The fraction of sp³-hybridized carbons (Fsp3) is 0.318. The first-order valence-corrected chi connectivity index (χ1v) is 9.81. The molecule has 2 N–H and O–H groups in total. The summed E-state index contributed by atoms with van der Waals surface area (Å²) in [4.78, 5) is 9.33. The van der Waals surface area contributed by atoms with Crippen LogP contribution in [-0.4, -0.2) is 24.3 Å². The highest BCUT2D eigenvalue weighted by atomic mass is 19.1. The highest BCUT2D eigenvalue weighted by Gasteiger charge is 2.18. The molecule has 0 saturated heterocycles. The van der Waals surface area contributed by atoms with Crippen molar-refractivity contribution in [2.45, 2.75) is 40.3 Å². The molecule has 0 aliphatic heterocycles. The Kier molecular flexibility index (Phi) is 4.82. The monoisotopic (exact) mass is 392 g/mol. The van der Waals surface area contributed by atoms with E-state index < -0.39 is 0 Å². The summed E-state index contributed by atoms with van der Waals surface area (Å²) >= 11 is 0. The van der Waals surface area contributed by atoms with Gasteiger partial charge >= 0.3 is 0 Å². The van der Waals surface area contributed by atoms with Crippen LogP contribution in [0.3, 0.4) is 0 Å². The van der Waals surface area contributed by atoms with Gasteiger partial charge in [-0.3, -0.25) is 9.25 Å². The average molecular weight is 392 g/mol. The molecule has 29 heavy (non-hydrogen) atoms. The molecule has 0 aliphatic carbocycles. The number of hydrogen-bond acceptors (Lipinski definition) is 4. The highest BCUT2D eigenvalue weighted by molar-refractivity contribution is 5.83. The van der Waals surface area contributed by atoms with Crippen molar-refractivity contribution < 1.29 is 4.39 Å². The maximum atomic E-state index is 13.4. The number of imidazole rings is 1. The summed E-state index contributed by atoms with van der Waals surface area (Å²) in [6.45, 7) is 9.15. The molecule has 0 spiro atoms. The molecule has 0 fully saturated rings. The summed E-state index contributed by atoms with van der Waals surface area (Å²) in [5.74, 6) is 0.611. The number of nitrogens with zero attached hydrogens (tertiary/aromatic N) is 5. The van der Waals surface area contributed by atoms with Crippen molar-refractivity contribution in [2.24, 2.45) is 5.92 Å². The molecule has 0 unspecified atom stereocenters. The number of hydrogen-bond donors (Lipinski definition) is 1. The Bertz CT molecular complexity index is 1150. The first-order valence-electron chi connectivity index (χ1n) is 9.81. The van der Waals surface area contributed by atoms with Crippen LogP contribution < -0.4 is 5.73 Å². The molecule has 0 saturated carbocycles. The summed E-state index contributed by atoms with van der Waals surface area (Å²) in [6.07, 6.45) is 1.99. The van der Waals surface area contributed by atoms with Crippen molar-refractivity contribution in [3.63, 3.8) is 0 Å². The Morgan fingerprint density at radius 1 is 1.00 bits per heavy atom. The van der Waals surface area contributed by atoms with Gasteiger partial charge in [0.15, 0.2) is 5.65 Å². The molecule has 150 valence electrons. The molecule has 0 amide bonds. The summed E-state index contributed by atoms with van der Waals surface area (Å²) in [7, 11) is 0. The van der Waals surface area contributed by atoms with Crippen LogP contribution in [0.25, 0.3) is 33.7 Å². The number of aromatic nitrogens is 5. The number of rotatable bonds is 5. The predicted molar refractivity (Wildman–Crippen MR) is 114 cm³/mol. The van der Waals surface area contributed by atoms with Gasteiger partial charge in [-0.25, -0.2) is 14.4 Å². The first-order chi connectivity index (χ1) is 13.8. The number of benzene rings is 1. The van der Waals surface area contributed by atoms with Gasteiger partial charge in [-0.05, 0) is 56.2 Å². The number of anilines is 1. The zero-order chi connectivity index (χ0) is 20.7. The zero-order valence-electron chi connectivity index (χ0n) is 17.1. The van der Waals surface area contributed by atoms with E-state index in [0.29, 0.717) is 11.9 Å². The van der Waals surface area contributed by atoms with Gasteiger partial charge in [0.25, 0.3) is 0 Å². The third-order valence-electron chi connectivity index (χ3n) is 4.82. The molecule has 3 aromatic heterocycles. The fourth-order valence-corrected chi connectivity index (χ4v) is 3.38. The number of nitrogens with two attached hydrogens (primary N) is 1. The highest BCUT2D eigenvalue weighted by Crippen LogP contribution is 2.32. The Morgan fingerprint density at radius 3 is 2.38 bits per heavy atom. The van der Waals surface area contributed by atoms with Crippen LogP contribution in [-0.2, 0) is 6.54 Å². The van der Waals surface area contributed by atoms with E-state index in [-0.39, 0.29) is 11.9 Å². The van der Waals surface area contributed by atoms with Crippen molar-refractivity contribution >= 4 is 17.1 Å². The van der Waals surface area contributed by atoms with E-state index in [9.17, 15) is 4.39 Å². The van der Waals surface area contributed by atoms with Crippen molar-refractivity contribution in [1.82, 2.24) is 24.3 Å². The second-order valence-corrected chi connectivity index (χ2v) is 7.99. The van der Waals surface area contributed by atoms with E-state index in [4.69, 9.17) is 15.8 Å². The van der Waals surface area contributed by atoms with Crippen LogP contribution >= 0.6 is 0 Å². The molecule has 4 rings (SSSR count). The number of nitrogen functional groups attached to an aromatic ring is 1. The molecule has 0 aliphatic rings. The van der Waals surface area contributed by atoms with Crippen LogP contribution in [0.4, 0.5) is 10.3 Å². The van der Waals surface area contributed by atoms with Gasteiger partial charge in [0.05, 0.1) is 5.69 Å². The van der Waals surface area contributed by atoms with E-state index in [1.54, 1.807) is 12.1 Å². The second kappa shape index (κ2) is 7.31. The Morgan fingerprint density at radius 2 is 1.72 bits per heavy atom. The van der Waals surface area contributed by atoms with E-state index in [1.165, 1.54) is 12.1 Å². The summed E-state index contributed by atoms with van der Waals surface area (Å²) < 4.78 is 17.3. The Balaban J connectivity index is 1.89. The summed E-state index contributed by atoms with van der Waals surface area (Å²) in [6, 6.07) is 10.4. The lowest BCUT2D eigenvalue weighted by atomic mass is 10.1. The lowest BCUT2D eigenvalue weighted by Gasteiger charge is -2.09. The standard InChI is InChI=1S/C22H25FN6/c1-13(2)11-28-21-19(26-22(28)24)10-9-18(25-21)17-12-29(14(3)4)27-20(17)15-5-7-16(23)8-6-15/h5-10,12-14H,11H2,1-4H3,(H2,24,26). The maximum absolute atomic E-state index is 13.4. The van der Waals surface area contributed by atoms with Gasteiger partial charge in [0, 0.05) is 29.9 Å². The van der Waals surface area contributed by atoms with Gasteiger partial charge < -0.3 is 5.73 Å². The Labute approximate surface area is 169 Å². The van der Waals surface area contributed by atoms with Crippen LogP contribution in [0.5, 0.6) is 0 Å². The molecule has 0 bridgehead atoms. The molecule has 7 heteroatoms. The zero-order valence-corrected chi connectivity index (χ0v) is 17.1. The van der Waals surface area contributed by atoms with Gasteiger partial charge in [0.1, 0.15) is 17.0 Å². The quantitative estimate of drug-likeness (QED) is 0.523. The normalized spacial score (nSPS) is 11.8. The number of pyridine rings is 1. The van der Waals surface area contributed by atoms with E-state index >= 15 is 0 Å². The molecule has 4 aromatic rings. The smallest absolute Gasteiger partial charge is 0.202 e. The summed E-state index contributed by atoms with van der Waals surface area (Å²) in [5, 5.41) is 4.75. The number of fused-ring (bicyclic) bond motifs is 1. The maximum Gasteiger partial charge on any atom is 0.202 e. The molecule has 0 atom stereocenters. The minimum absolute atomic E-state index is 0.189. The number of halogens is 1. The van der Waals surface area contributed by atoms with E-state index in [1.807, 2.05) is 27.6 Å². The van der Waals surface area contributed by atoms with Gasteiger partial charge in [-0.15, -0.1) is 0 Å². The summed E-state index contributed by atoms with van der Waals surface area (Å²) in [5.41, 5.74) is 11.0. The van der Waals surface area contributed by atoms with E-state index in [0.717, 1.165) is 40.2 Å². The second-order valence-electron chi connectivity index (χ2n) is 7.99. The van der Waals surface area contributed by atoms with Gasteiger partial charge in [0.2, 0.25) is 5.95 Å². The van der Waals surface area contributed by atoms with Crippen LogP contribution in [0.1, 0.15) is 33.7 Å². The molecular weight excluding hydrogens is 367 g/mol. The van der Waals surface area contributed by atoms with E-state index in [2.05, 4.69) is 32.7 Å². The van der Waals surface area contributed by atoms with Crippen LogP contribution in [0, 0.1) is 11.7 Å². The molecule has 1 aromatic carbocycles. The molecule has 3 heterocycles. The van der Waals surface area contributed by atoms with Gasteiger partial charge in [-0.1, -0.05) is 13.8 Å². The SMILES string of the molecule is CC(C)Cn1c(N)nc2ccc(-c3cn(C(C)C)nc3-c3ccc(F)cc3)nc21. The molecule has 0 radical (unpaired) electrons. The minimum Gasteiger partial charge on any atom is -0.369 e. The lowest BCUT2D eigenvalue weighted by molar-refractivity contribution is 0.534. The third kappa shape index (κ3) is 3.60. The Hall–Kier alpha value is -3.22. The minimum atomic E-state index is -0.272. The fourth-order valence-electron chi connectivity index (χ4n) is 3.38. The molecule has 6 nitrogen and oxygen atoms in total. The first kappa shape index (κ1) is 19.1. The lowest BCUT2D eigenvalue weighted by Crippen LogP contribution is -2.08. The van der Waals surface area contributed by atoms with Gasteiger partial charge in [-0.2, -0.15) is 5.10 Å². The van der Waals surface area contributed by atoms with Crippen molar-refractivity contribution in [3.05, 3.63) is 48.4 Å².